The third kappa shape index (κ3) is 6.22. The molecule has 0 aliphatic heterocycles. The van der Waals surface area contributed by atoms with Gasteiger partial charge in [0.2, 0.25) is 11.8 Å². The van der Waals surface area contributed by atoms with E-state index in [9.17, 15) is 9.59 Å². The molecule has 0 fully saturated rings. The highest BCUT2D eigenvalue weighted by atomic mass is 32.2. The van der Waals surface area contributed by atoms with Crippen LogP contribution in [0.2, 0.25) is 0 Å². The lowest BCUT2D eigenvalue weighted by atomic mass is 10.6. The van der Waals surface area contributed by atoms with Crippen LogP contribution in [0.1, 0.15) is 20.3 Å². The standard InChI is InChI=1S/C9H14N4O2S3/c1-3-4-16-8-12-13-9(18-8)17-5-7(15)11-10-6(2)14/h3-5H2,1-2H3,(H,10,14)(H,11,15). The summed E-state index contributed by atoms with van der Waals surface area (Å²) in [6.07, 6.45) is 1.09. The lowest BCUT2D eigenvalue weighted by Crippen LogP contribution is -2.41. The van der Waals surface area contributed by atoms with E-state index >= 15 is 0 Å². The van der Waals surface area contributed by atoms with Crippen molar-refractivity contribution >= 4 is 46.7 Å². The van der Waals surface area contributed by atoms with Crippen molar-refractivity contribution in [2.75, 3.05) is 11.5 Å². The first kappa shape index (κ1) is 15.3. The maximum Gasteiger partial charge on any atom is 0.248 e. The van der Waals surface area contributed by atoms with E-state index in [1.54, 1.807) is 11.8 Å². The summed E-state index contributed by atoms with van der Waals surface area (Å²) in [7, 11) is 0. The molecule has 0 saturated heterocycles. The van der Waals surface area contributed by atoms with Gasteiger partial charge in [-0.15, -0.1) is 10.2 Å². The maximum atomic E-state index is 11.3. The minimum absolute atomic E-state index is 0.202. The van der Waals surface area contributed by atoms with Crippen LogP contribution >= 0.6 is 34.9 Å². The number of amides is 2. The first-order chi connectivity index (χ1) is 8.61. The van der Waals surface area contributed by atoms with Crippen molar-refractivity contribution in [2.24, 2.45) is 0 Å². The highest BCUT2D eigenvalue weighted by molar-refractivity contribution is 8.03. The first-order valence-electron chi connectivity index (χ1n) is 5.26. The Labute approximate surface area is 118 Å². The predicted octanol–water partition coefficient (Wildman–Crippen LogP) is 1.30. The molecule has 2 amide bonds. The minimum Gasteiger partial charge on any atom is -0.274 e. The van der Waals surface area contributed by atoms with Crippen molar-refractivity contribution in [2.45, 2.75) is 28.9 Å². The molecule has 1 rings (SSSR count). The minimum atomic E-state index is -0.303. The number of carbonyl (C=O) groups excluding carboxylic acids is 2. The summed E-state index contributed by atoms with van der Waals surface area (Å²) >= 11 is 4.44. The number of carbonyl (C=O) groups is 2. The van der Waals surface area contributed by atoms with Crippen molar-refractivity contribution < 1.29 is 9.59 Å². The molecule has 9 heteroatoms. The fourth-order valence-electron chi connectivity index (χ4n) is 0.824. The van der Waals surface area contributed by atoms with Crippen LogP contribution in [0.15, 0.2) is 8.68 Å². The molecule has 1 aromatic heterocycles. The van der Waals surface area contributed by atoms with Gasteiger partial charge < -0.3 is 0 Å². The molecule has 1 aromatic rings. The Bertz CT molecular complexity index is 410. The quantitative estimate of drug-likeness (QED) is 0.609. The van der Waals surface area contributed by atoms with Gasteiger partial charge in [-0.2, -0.15) is 0 Å². The predicted molar refractivity (Wildman–Crippen MR) is 73.6 cm³/mol. The molecule has 6 nitrogen and oxygen atoms in total. The van der Waals surface area contributed by atoms with Crippen LogP contribution in [0.4, 0.5) is 0 Å². The Morgan fingerprint density at radius 1 is 1.22 bits per heavy atom. The molecule has 0 radical (unpaired) electrons. The lowest BCUT2D eigenvalue weighted by Gasteiger charge is -2.02. The van der Waals surface area contributed by atoms with Crippen LogP contribution in [0.3, 0.4) is 0 Å². The highest BCUT2D eigenvalue weighted by Gasteiger charge is 2.08. The Kier molecular flexibility index (Phi) is 7.06. The molecule has 18 heavy (non-hydrogen) atoms. The smallest absolute Gasteiger partial charge is 0.248 e. The van der Waals surface area contributed by atoms with Crippen molar-refractivity contribution in [3.63, 3.8) is 0 Å². The number of thioether (sulfide) groups is 2. The summed E-state index contributed by atoms with van der Waals surface area (Å²) in [6.45, 7) is 3.44. The van der Waals surface area contributed by atoms with Gasteiger partial charge in [-0.1, -0.05) is 41.8 Å². The van der Waals surface area contributed by atoms with E-state index < -0.39 is 0 Å². The molecule has 0 aromatic carbocycles. The molecule has 0 saturated carbocycles. The number of nitrogens with zero attached hydrogens (tertiary/aromatic N) is 2. The lowest BCUT2D eigenvalue weighted by molar-refractivity contribution is -0.126. The largest absolute Gasteiger partial charge is 0.274 e. The average molecular weight is 306 g/mol. The number of hydrogen-bond acceptors (Lipinski definition) is 7. The number of aromatic nitrogens is 2. The van der Waals surface area contributed by atoms with E-state index in [1.807, 2.05) is 0 Å². The van der Waals surface area contributed by atoms with Gasteiger partial charge >= 0.3 is 0 Å². The molecular weight excluding hydrogens is 292 g/mol. The van der Waals surface area contributed by atoms with Crippen LogP contribution in [-0.4, -0.2) is 33.5 Å². The molecule has 100 valence electrons. The second-order valence-electron chi connectivity index (χ2n) is 3.20. The fourth-order valence-corrected chi connectivity index (χ4v) is 3.57. The van der Waals surface area contributed by atoms with Crippen molar-refractivity contribution in [1.82, 2.24) is 21.0 Å². The van der Waals surface area contributed by atoms with Gasteiger partial charge in [-0.05, 0) is 6.42 Å². The average Bonchev–Trinajstić information content (AvgIpc) is 2.79. The molecule has 0 unspecified atom stereocenters. The number of nitrogens with one attached hydrogen (secondary N) is 2. The Balaban J connectivity index is 2.28. The van der Waals surface area contributed by atoms with Gasteiger partial charge in [-0.25, -0.2) is 0 Å². The van der Waals surface area contributed by atoms with E-state index in [4.69, 9.17) is 0 Å². The van der Waals surface area contributed by atoms with Crippen molar-refractivity contribution in [1.29, 1.82) is 0 Å². The number of hydrazine groups is 1. The highest BCUT2D eigenvalue weighted by Crippen LogP contribution is 2.28. The monoisotopic (exact) mass is 306 g/mol. The topological polar surface area (TPSA) is 84.0 Å². The fraction of sp³-hybridized carbons (Fsp3) is 0.556. The van der Waals surface area contributed by atoms with E-state index in [0.717, 1.165) is 20.9 Å². The number of hydrogen-bond donors (Lipinski definition) is 2. The summed E-state index contributed by atoms with van der Waals surface area (Å²) in [5, 5.41) is 7.99. The zero-order valence-corrected chi connectivity index (χ0v) is 12.5. The normalized spacial score (nSPS) is 10.1. The zero-order chi connectivity index (χ0) is 13.4. The summed E-state index contributed by atoms with van der Waals surface area (Å²) < 4.78 is 1.67. The first-order valence-corrected chi connectivity index (χ1v) is 8.05. The Hall–Kier alpha value is -0.800. The van der Waals surface area contributed by atoms with Gasteiger partial charge in [0.05, 0.1) is 5.75 Å². The van der Waals surface area contributed by atoms with Gasteiger partial charge in [0, 0.05) is 12.7 Å². The van der Waals surface area contributed by atoms with E-state index in [0.29, 0.717) is 0 Å². The molecule has 0 aliphatic carbocycles. The van der Waals surface area contributed by atoms with Gasteiger partial charge in [0.15, 0.2) is 8.68 Å². The molecule has 0 spiro atoms. The summed E-state index contributed by atoms with van der Waals surface area (Å²) in [5.74, 6) is 0.644. The van der Waals surface area contributed by atoms with Crippen molar-refractivity contribution in [3.8, 4) is 0 Å². The molecule has 2 N–H and O–H groups in total. The van der Waals surface area contributed by atoms with Gasteiger partial charge in [-0.3, -0.25) is 20.4 Å². The number of rotatable bonds is 6. The van der Waals surface area contributed by atoms with Gasteiger partial charge in [0.1, 0.15) is 0 Å². The molecule has 0 aliphatic rings. The third-order valence-electron chi connectivity index (χ3n) is 1.52. The summed E-state index contributed by atoms with van der Waals surface area (Å²) in [6, 6.07) is 0. The van der Waals surface area contributed by atoms with Crippen LogP contribution < -0.4 is 10.9 Å². The molecular formula is C9H14N4O2S3. The van der Waals surface area contributed by atoms with Crippen LogP contribution in [0.5, 0.6) is 0 Å². The maximum absolute atomic E-state index is 11.3. The third-order valence-corrected chi connectivity index (χ3v) is 4.92. The van der Waals surface area contributed by atoms with Crippen LogP contribution in [-0.2, 0) is 9.59 Å². The van der Waals surface area contributed by atoms with Crippen LogP contribution in [0.25, 0.3) is 0 Å². The van der Waals surface area contributed by atoms with Crippen LogP contribution in [0, 0.1) is 0 Å². The zero-order valence-electron chi connectivity index (χ0n) is 10.1. The SMILES string of the molecule is CCCSc1nnc(SCC(=O)NNC(C)=O)s1. The van der Waals surface area contributed by atoms with Gasteiger partial charge in [0.25, 0.3) is 0 Å². The molecule has 1 heterocycles. The summed E-state index contributed by atoms with van der Waals surface area (Å²) in [4.78, 5) is 21.9. The Morgan fingerprint density at radius 3 is 2.50 bits per heavy atom. The van der Waals surface area contributed by atoms with Crippen molar-refractivity contribution in [3.05, 3.63) is 0 Å². The molecule has 0 atom stereocenters. The Morgan fingerprint density at radius 2 is 1.89 bits per heavy atom. The summed E-state index contributed by atoms with van der Waals surface area (Å²) in [5.41, 5.74) is 4.51. The van der Waals surface area contributed by atoms with E-state index in [2.05, 4.69) is 28.0 Å². The molecule has 0 bridgehead atoms. The second-order valence-corrected chi connectivity index (χ2v) is 6.74. The second kappa shape index (κ2) is 8.33. The van der Waals surface area contributed by atoms with E-state index in [1.165, 1.54) is 30.0 Å². The van der Waals surface area contributed by atoms with E-state index in [-0.39, 0.29) is 17.6 Å².